The molecule has 0 saturated carbocycles. The molecule has 1 heterocycles. The number of rotatable bonds is 4. The maximum absolute atomic E-state index is 11.7. The van der Waals surface area contributed by atoms with Gasteiger partial charge in [-0.1, -0.05) is 6.92 Å². The Morgan fingerprint density at radius 1 is 1.56 bits per heavy atom. The van der Waals surface area contributed by atoms with Gasteiger partial charge in [-0.2, -0.15) is 0 Å². The highest BCUT2D eigenvalue weighted by atomic mass is 79.9. The van der Waals surface area contributed by atoms with Gasteiger partial charge in [0.2, 0.25) is 5.91 Å². The number of ether oxygens (including phenoxy) is 1. The topological polar surface area (TPSA) is 55.4 Å². The van der Waals surface area contributed by atoms with Crippen LogP contribution in [0.1, 0.15) is 13.3 Å². The minimum atomic E-state index is -0.745. The van der Waals surface area contributed by atoms with E-state index >= 15 is 0 Å². The Balaban J connectivity index is 2.66. The molecule has 16 heavy (non-hydrogen) atoms. The molecule has 0 spiro atoms. The molecule has 1 aromatic rings. The predicted octanol–water partition coefficient (Wildman–Crippen LogP) is 2.65. The molecule has 0 bridgehead atoms. The summed E-state index contributed by atoms with van der Waals surface area (Å²) < 4.78 is 5.49. The summed E-state index contributed by atoms with van der Waals surface area (Å²) in [5.41, 5.74) is 0. The number of methoxy groups -OCH3 is 1. The molecule has 4 nitrogen and oxygen atoms in total. The second kappa shape index (κ2) is 6.00. The lowest BCUT2D eigenvalue weighted by atomic mass is 10.1. The van der Waals surface area contributed by atoms with E-state index in [0.717, 1.165) is 3.79 Å². The van der Waals surface area contributed by atoms with Crippen LogP contribution in [0.5, 0.6) is 0 Å². The minimum absolute atomic E-state index is 0.330. The summed E-state index contributed by atoms with van der Waals surface area (Å²) in [5.74, 6) is -1.58. The Bertz CT molecular complexity index is 391. The molecular weight excluding hydrogens is 294 g/mol. The number of nitrogens with one attached hydrogen (secondary N) is 1. The number of amides is 1. The second-order valence-electron chi connectivity index (χ2n) is 3.08. The fraction of sp³-hybridized carbons (Fsp3) is 0.400. The van der Waals surface area contributed by atoms with Crippen LogP contribution in [0.25, 0.3) is 0 Å². The number of halogens is 1. The van der Waals surface area contributed by atoms with Crippen LogP contribution in [-0.2, 0) is 14.3 Å². The Morgan fingerprint density at radius 3 is 2.69 bits per heavy atom. The van der Waals surface area contributed by atoms with Crippen molar-refractivity contribution >= 4 is 44.1 Å². The first kappa shape index (κ1) is 13.2. The van der Waals surface area contributed by atoms with Crippen molar-refractivity contribution in [3.05, 3.63) is 15.9 Å². The molecule has 1 N–H and O–H groups in total. The quantitative estimate of drug-likeness (QED) is 0.687. The Labute approximate surface area is 106 Å². The van der Waals surface area contributed by atoms with Crippen LogP contribution >= 0.6 is 27.3 Å². The van der Waals surface area contributed by atoms with E-state index in [2.05, 4.69) is 26.0 Å². The first-order chi connectivity index (χ1) is 7.58. The molecule has 0 saturated heterocycles. The zero-order valence-corrected chi connectivity index (χ0v) is 11.4. The van der Waals surface area contributed by atoms with Crippen molar-refractivity contribution in [2.45, 2.75) is 13.3 Å². The van der Waals surface area contributed by atoms with Crippen LogP contribution in [-0.4, -0.2) is 19.0 Å². The normalized spacial score (nSPS) is 11.9. The second-order valence-corrected chi connectivity index (χ2v) is 5.54. The Morgan fingerprint density at radius 2 is 2.25 bits per heavy atom. The summed E-state index contributed by atoms with van der Waals surface area (Å²) in [5, 5.41) is 3.39. The fourth-order valence-corrected chi connectivity index (χ4v) is 2.48. The van der Waals surface area contributed by atoms with Gasteiger partial charge in [0, 0.05) is 0 Å². The standard InChI is InChI=1S/C10H12BrNO3S/c1-3-6(10(14)15-2)9(13)12-8-5-4-7(11)16-8/h4-6H,3H2,1-2H3,(H,12,13). The van der Waals surface area contributed by atoms with E-state index in [-0.39, 0.29) is 5.91 Å². The third kappa shape index (κ3) is 3.31. The molecule has 1 atom stereocenters. The molecule has 88 valence electrons. The van der Waals surface area contributed by atoms with Gasteiger partial charge in [0.05, 0.1) is 15.9 Å². The summed E-state index contributed by atoms with van der Waals surface area (Å²) in [6, 6.07) is 3.61. The molecule has 1 rings (SSSR count). The lowest BCUT2D eigenvalue weighted by molar-refractivity contribution is -0.148. The van der Waals surface area contributed by atoms with Crippen molar-refractivity contribution in [1.82, 2.24) is 0 Å². The van der Waals surface area contributed by atoms with Crippen LogP contribution in [0.15, 0.2) is 15.9 Å². The zero-order chi connectivity index (χ0) is 12.1. The van der Waals surface area contributed by atoms with Crippen LogP contribution in [0, 0.1) is 5.92 Å². The van der Waals surface area contributed by atoms with Gasteiger partial charge in [-0.25, -0.2) is 0 Å². The van der Waals surface area contributed by atoms with Crippen molar-refractivity contribution in [2.75, 3.05) is 12.4 Å². The third-order valence-electron chi connectivity index (χ3n) is 2.03. The average Bonchev–Trinajstić information content (AvgIpc) is 2.64. The SMILES string of the molecule is CCC(C(=O)Nc1ccc(Br)s1)C(=O)OC. The van der Waals surface area contributed by atoms with Crippen LogP contribution in [0.4, 0.5) is 5.00 Å². The van der Waals surface area contributed by atoms with Crippen LogP contribution < -0.4 is 5.32 Å². The van der Waals surface area contributed by atoms with E-state index in [4.69, 9.17) is 0 Å². The van der Waals surface area contributed by atoms with E-state index in [0.29, 0.717) is 11.4 Å². The first-order valence-corrected chi connectivity index (χ1v) is 6.33. The van der Waals surface area contributed by atoms with Crippen molar-refractivity contribution in [3.63, 3.8) is 0 Å². The lowest BCUT2D eigenvalue weighted by Crippen LogP contribution is -2.29. The Hall–Kier alpha value is -0.880. The first-order valence-electron chi connectivity index (χ1n) is 4.72. The summed E-state index contributed by atoms with van der Waals surface area (Å²) in [7, 11) is 1.28. The van der Waals surface area contributed by atoms with Crippen molar-refractivity contribution in [3.8, 4) is 0 Å². The van der Waals surface area contributed by atoms with E-state index < -0.39 is 11.9 Å². The molecule has 0 aromatic carbocycles. The molecular formula is C10H12BrNO3S. The number of esters is 1. The van der Waals surface area contributed by atoms with Gasteiger partial charge >= 0.3 is 5.97 Å². The highest BCUT2D eigenvalue weighted by Crippen LogP contribution is 2.27. The average molecular weight is 306 g/mol. The van der Waals surface area contributed by atoms with Gasteiger partial charge in [-0.05, 0) is 34.5 Å². The predicted molar refractivity (Wildman–Crippen MR) is 66.4 cm³/mol. The smallest absolute Gasteiger partial charge is 0.318 e. The van der Waals surface area contributed by atoms with E-state index in [1.54, 1.807) is 13.0 Å². The third-order valence-corrected chi connectivity index (χ3v) is 3.57. The summed E-state index contributed by atoms with van der Waals surface area (Å²) in [6.07, 6.45) is 0.422. The largest absolute Gasteiger partial charge is 0.468 e. The van der Waals surface area contributed by atoms with Gasteiger partial charge in [-0.15, -0.1) is 11.3 Å². The van der Waals surface area contributed by atoms with E-state index in [1.807, 2.05) is 6.07 Å². The number of thiophene rings is 1. The Kier molecular flexibility index (Phi) is 4.95. The number of hydrogen-bond donors (Lipinski definition) is 1. The van der Waals surface area contributed by atoms with Gasteiger partial charge in [0.25, 0.3) is 0 Å². The van der Waals surface area contributed by atoms with Crippen LogP contribution in [0.3, 0.4) is 0 Å². The molecule has 0 fully saturated rings. The van der Waals surface area contributed by atoms with Gasteiger partial charge in [0.15, 0.2) is 0 Å². The van der Waals surface area contributed by atoms with Gasteiger partial charge < -0.3 is 10.1 Å². The van der Waals surface area contributed by atoms with Gasteiger partial charge in [-0.3, -0.25) is 9.59 Å². The molecule has 0 aliphatic heterocycles. The molecule has 1 amide bonds. The van der Waals surface area contributed by atoms with E-state index in [9.17, 15) is 9.59 Å². The highest BCUT2D eigenvalue weighted by Gasteiger charge is 2.25. The number of anilines is 1. The molecule has 1 aromatic heterocycles. The van der Waals surface area contributed by atoms with Crippen molar-refractivity contribution < 1.29 is 14.3 Å². The molecule has 0 radical (unpaired) electrons. The summed E-state index contributed by atoms with van der Waals surface area (Å²) >= 11 is 4.69. The number of carbonyl (C=O) groups excluding carboxylic acids is 2. The zero-order valence-electron chi connectivity index (χ0n) is 8.95. The van der Waals surface area contributed by atoms with Crippen LogP contribution in [0.2, 0.25) is 0 Å². The highest BCUT2D eigenvalue weighted by molar-refractivity contribution is 9.11. The number of hydrogen-bond acceptors (Lipinski definition) is 4. The maximum atomic E-state index is 11.7. The fourth-order valence-electron chi connectivity index (χ4n) is 1.19. The minimum Gasteiger partial charge on any atom is -0.468 e. The number of carbonyl (C=O) groups is 2. The lowest BCUT2D eigenvalue weighted by Gasteiger charge is -2.11. The van der Waals surface area contributed by atoms with Crippen molar-refractivity contribution in [2.24, 2.45) is 5.92 Å². The van der Waals surface area contributed by atoms with E-state index in [1.165, 1.54) is 18.4 Å². The van der Waals surface area contributed by atoms with Gasteiger partial charge in [0.1, 0.15) is 5.92 Å². The summed E-state index contributed by atoms with van der Waals surface area (Å²) in [4.78, 5) is 23.0. The summed E-state index contributed by atoms with van der Waals surface area (Å²) in [6.45, 7) is 1.77. The monoisotopic (exact) mass is 305 g/mol. The molecule has 1 unspecified atom stereocenters. The molecule has 6 heteroatoms. The molecule has 0 aliphatic rings. The molecule has 0 aliphatic carbocycles. The van der Waals surface area contributed by atoms with Crippen molar-refractivity contribution in [1.29, 1.82) is 0 Å². The maximum Gasteiger partial charge on any atom is 0.318 e.